The Kier molecular flexibility index (Phi) is 5.27. The van der Waals surface area contributed by atoms with E-state index in [9.17, 15) is 4.79 Å². The van der Waals surface area contributed by atoms with E-state index in [0.29, 0.717) is 36.0 Å². The van der Waals surface area contributed by atoms with E-state index in [1.165, 1.54) is 7.11 Å². The Bertz CT molecular complexity index is 553. The van der Waals surface area contributed by atoms with E-state index >= 15 is 0 Å². The molecule has 0 N–H and O–H groups in total. The molecule has 22 heavy (non-hydrogen) atoms. The third kappa shape index (κ3) is 3.01. The highest BCUT2D eigenvalue weighted by molar-refractivity contribution is 5.90. The first-order valence-corrected chi connectivity index (χ1v) is 6.94. The fourth-order valence-corrected chi connectivity index (χ4v) is 2.36. The molecule has 0 aliphatic carbocycles. The van der Waals surface area contributed by atoms with Gasteiger partial charge in [-0.2, -0.15) is 0 Å². The van der Waals surface area contributed by atoms with Crippen molar-refractivity contribution in [3.05, 3.63) is 29.3 Å². The van der Waals surface area contributed by atoms with Crippen LogP contribution in [0, 0.1) is 0 Å². The van der Waals surface area contributed by atoms with Gasteiger partial charge in [-0.1, -0.05) is 0 Å². The van der Waals surface area contributed by atoms with E-state index in [1.807, 2.05) is 0 Å². The van der Waals surface area contributed by atoms with Crippen LogP contribution < -0.4 is 14.2 Å². The summed E-state index contributed by atoms with van der Waals surface area (Å²) in [6, 6.07) is 3.54. The molecule has 0 saturated carbocycles. The van der Waals surface area contributed by atoms with E-state index in [1.54, 1.807) is 39.4 Å². The summed E-state index contributed by atoms with van der Waals surface area (Å²) in [5.41, 5.74) is 1.22. The topological polar surface area (TPSA) is 63.2 Å². The Labute approximate surface area is 129 Å². The van der Waals surface area contributed by atoms with Crippen LogP contribution in [0.15, 0.2) is 23.8 Å². The summed E-state index contributed by atoms with van der Waals surface area (Å²) in [4.78, 5) is 12.0. The van der Waals surface area contributed by atoms with Crippen molar-refractivity contribution in [1.82, 2.24) is 0 Å². The van der Waals surface area contributed by atoms with Gasteiger partial charge in [0.05, 0.1) is 40.1 Å². The van der Waals surface area contributed by atoms with Crippen molar-refractivity contribution in [2.45, 2.75) is 13.0 Å². The van der Waals surface area contributed by atoms with Crippen molar-refractivity contribution in [3.63, 3.8) is 0 Å². The fraction of sp³-hybridized carbons (Fsp3) is 0.438. The molecule has 1 aliphatic heterocycles. The SMILES string of the molecule is CCOC(=O)C1=CCOC1c1cc(OC)c(OC)c(OC)c1. The van der Waals surface area contributed by atoms with Crippen LogP contribution in [-0.2, 0) is 14.3 Å². The van der Waals surface area contributed by atoms with E-state index in [2.05, 4.69) is 0 Å². The molecule has 1 aliphatic rings. The van der Waals surface area contributed by atoms with Crippen LogP contribution in [0.2, 0.25) is 0 Å². The van der Waals surface area contributed by atoms with Crippen molar-refractivity contribution in [1.29, 1.82) is 0 Å². The molecule has 0 amide bonds. The lowest BCUT2D eigenvalue weighted by Crippen LogP contribution is -2.13. The second-order valence-electron chi connectivity index (χ2n) is 4.55. The number of hydrogen-bond acceptors (Lipinski definition) is 6. The van der Waals surface area contributed by atoms with Crippen molar-refractivity contribution in [2.24, 2.45) is 0 Å². The van der Waals surface area contributed by atoms with Crippen LogP contribution in [0.25, 0.3) is 0 Å². The average Bonchev–Trinajstić information content (AvgIpc) is 3.03. The Balaban J connectivity index is 2.40. The van der Waals surface area contributed by atoms with Gasteiger partial charge in [0.1, 0.15) is 6.10 Å². The summed E-state index contributed by atoms with van der Waals surface area (Å²) in [7, 11) is 4.62. The molecule has 0 spiro atoms. The molecule has 0 radical (unpaired) electrons. The van der Waals surface area contributed by atoms with Crippen molar-refractivity contribution >= 4 is 5.97 Å². The quantitative estimate of drug-likeness (QED) is 0.751. The van der Waals surface area contributed by atoms with Gasteiger partial charge in [-0.25, -0.2) is 4.79 Å². The van der Waals surface area contributed by atoms with Gasteiger partial charge in [0.15, 0.2) is 11.5 Å². The Morgan fingerprint density at radius 2 is 1.82 bits per heavy atom. The van der Waals surface area contributed by atoms with Crippen molar-refractivity contribution in [3.8, 4) is 17.2 Å². The van der Waals surface area contributed by atoms with E-state index in [4.69, 9.17) is 23.7 Å². The van der Waals surface area contributed by atoms with Gasteiger partial charge in [-0.05, 0) is 30.7 Å². The highest BCUT2D eigenvalue weighted by Crippen LogP contribution is 2.42. The van der Waals surface area contributed by atoms with Gasteiger partial charge >= 0.3 is 5.97 Å². The van der Waals surface area contributed by atoms with Gasteiger partial charge in [0.2, 0.25) is 5.75 Å². The number of hydrogen-bond donors (Lipinski definition) is 0. The Morgan fingerprint density at radius 1 is 1.18 bits per heavy atom. The first-order valence-electron chi connectivity index (χ1n) is 6.94. The number of carbonyl (C=O) groups excluding carboxylic acids is 1. The highest BCUT2D eigenvalue weighted by Gasteiger charge is 2.30. The summed E-state index contributed by atoms with van der Waals surface area (Å²) in [6.07, 6.45) is 1.22. The standard InChI is InChI=1S/C16H20O6/c1-5-21-16(17)11-6-7-22-14(11)10-8-12(18-2)15(20-4)13(9-10)19-3/h6,8-9,14H,5,7H2,1-4H3. The number of benzene rings is 1. The molecule has 0 bridgehead atoms. The number of carbonyl (C=O) groups is 1. The molecule has 6 nitrogen and oxygen atoms in total. The van der Waals surface area contributed by atoms with Crippen molar-refractivity contribution < 1.29 is 28.5 Å². The average molecular weight is 308 g/mol. The lowest BCUT2D eigenvalue weighted by atomic mass is 10.0. The minimum Gasteiger partial charge on any atom is -0.493 e. The summed E-state index contributed by atoms with van der Waals surface area (Å²) in [5.74, 6) is 1.14. The van der Waals surface area contributed by atoms with Gasteiger partial charge < -0.3 is 23.7 Å². The number of rotatable bonds is 6. The van der Waals surface area contributed by atoms with E-state index in [0.717, 1.165) is 5.56 Å². The third-order valence-corrected chi connectivity index (χ3v) is 3.35. The van der Waals surface area contributed by atoms with Gasteiger partial charge in [0.25, 0.3) is 0 Å². The summed E-state index contributed by atoms with van der Waals surface area (Å²) < 4.78 is 26.7. The largest absolute Gasteiger partial charge is 0.493 e. The zero-order chi connectivity index (χ0) is 16.1. The smallest absolute Gasteiger partial charge is 0.336 e. The molecular weight excluding hydrogens is 288 g/mol. The fourth-order valence-electron chi connectivity index (χ4n) is 2.36. The molecule has 0 saturated heterocycles. The zero-order valence-corrected chi connectivity index (χ0v) is 13.2. The molecule has 120 valence electrons. The second kappa shape index (κ2) is 7.17. The van der Waals surface area contributed by atoms with Crippen LogP contribution in [0.1, 0.15) is 18.6 Å². The lowest BCUT2D eigenvalue weighted by Gasteiger charge is -2.18. The molecule has 1 atom stereocenters. The molecule has 0 fully saturated rings. The van der Waals surface area contributed by atoms with Gasteiger partial charge in [0, 0.05) is 0 Å². The molecule has 2 rings (SSSR count). The molecule has 1 aromatic rings. The number of ether oxygens (including phenoxy) is 5. The molecule has 6 heteroatoms. The highest BCUT2D eigenvalue weighted by atomic mass is 16.5. The normalized spacial score (nSPS) is 16.9. The second-order valence-corrected chi connectivity index (χ2v) is 4.55. The summed E-state index contributed by atoms with van der Waals surface area (Å²) >= 11 is 0. The third-order valence-electron chi connectivity index (χ3n) is 3.35. The van der Waals surface area contributed by atoms with E-state index < -0.39 is 6.10 Å². The van der Waals surface area contributed by atoms with Gasteiger partial charge in [-0.3, -0.25) is 0 Å². The monoisotopic (exact) mass is 308 g/mol. The summed E-state index contributed by atoms with van der Waals surface area (Å²) in [5, 5.41) is 0. The first kappa shape index (κ1) is 16.2. The van der Waals surface area contributed by atoms with E-state index in [-0.39, 0.29) is 5.97 Å². The number of esters is 1. The predicted molar refractivity (Wildman–Crippen MR) is 79.5 cm³/mol. The Hall–Kier alpha value is -2.21. The molecule has 1 unspecified atom stereocenters. The van der Waals surface area contributed by atoms with Crippen LogP contribution in [0.4, 0.5) is 0 Å². The lowest BCUT2D eigenvalue weighted by molar-refractivity contribution is -0.139. The Morgan fingerprint density at radius 3 is 2.32 bits per heavy atom. The van der Waals surface area contributed by atoms with Crippen LogP contribution in [-0.4, -0.2) is 40.5 Å². The maximum Gasteiger partial charge on any atom is 0.336 e. The zero-order valence-electron chi connectivity index (χ0n) is 13.2. The van der Waals surface area contributed by atoms with Crippen LogP contribution in [0.3, 0.4) is 0 Å². The van der Waals surface area contributed by atoms with Crippen LogP contribution >= 0.6 is 0 Å². The molecule has 1 heterocycles. The maximum absolute atomic E-state index is 12.0. The molecular formula is C16H20O6. The first-order chi connectivity index (χ1) is 10.7. The minimum absolute atomic E-state index is 0.318. The number of methoxy groups -OCH3 is 3. The van der Waals surface area contributed by atoms with Crippen molar-refractivity contribution in [2.75, 3.05) is 34.5 Å². The predicted octanol–water partition coefficient (Wildman–Crippen LogP) is 2.27. The van der Waals surface area contributed by atoms with Gasteiger partial charge in [-0.15, -0.1) is 0 Å². The molecule has 1 aromatic carbocycles. The summed E-state index contributed by atoms with van der Waals surface area (Å²) in [6.45, 7) is 2.44. The minimum atomic E-state index is -0.507. The molecule has 0 aromatic heterocycles. The maximum atomic E-state index is 12.0. The van der Waals surface area contributed by atoms with Crippen LogP contribution in [0.5, 0.6) is 17.2 Å².